The molecule has 1 unspecified atom stereocenters. The quantitative estimate of drug-likeness (QED) is 0.751. The van der Waals surface area contributed by atoms with Crippen LogP contribution in [0.5, 0.6) is 0 Å². The third kappa shape index (κ3) is 4.64. The average molecular weight is 241 g/mol. The molecule has 1 atom stereocenters. The molecule has 1 N–H and O–H groups in total. The van der Waals surface area contributed by atoms with Gasteiger partial charge in [0.25, 0.3) is 0 Å². The minimum Gasteiger partial charge on any atom is -0.340 e. The predicted octanol–water partition coefficient (Wildman–Crippen LogP) is 0.927. The van der Waals surface area contributed by atoms with Gasteiger partial charge in [0, 0.05) is 25.7 Å². The minimum atomic E-state index is 0.0377. The molecule has 1 aliphatic heterocycles. The van der Waals surface area contributed by atoms with Crippen LogP contribution in [0, 0.1) is 0 Å². The molecular formula is C13H27N3O. The summed E-state index contributed by atoms with van der Waals surface area (Å²) in [6, 6.07) is 0.415. The van der Waals surface area contributed by atoms with Gasteiger partial charge in [0.1, 0.15) is 0 Å². The highest BCUT2D eigenvalue weighted by molar-refractivity contribution is 5.82. The Morgan fingerprint density at radius 2 is 2.24 bits per heavy atom. The van der Waals surface area contributed by atoms with Crippen LogP contribution in [0.3, 0.4) is 0 Å². The molecule has 0 aliphatic carbocycles. The molecule has 1 rings (SSSR count). The Labute approximate surface area is 105 Å². The highest BCUT2D eigenvalue weighted by Crippen LogP contribution is 2.12. The van der Waals surface area contributed by atoms with Gasteiger partial charge >= 0.3 is 0 Å². The van der Waals surface area contributed by atoms with Gasteiger partial charge in [0.05, 0.1) is 6.04 Å². The average Bonchev–Trinajstić information content (AvgIpc) is 2.29. The minimum absolute atomic E-state index is 0.0377. The summed E-state index contributed by atoms with van der Waals surface area (Å²) in [5.74, 6) is 0.287. The van der Waals surface area contributed by atoms with Crippen molar-refractivity contribution in [3.8, 4) is 0 Å². The van der Waals surface area contributed by atoms with Gasteiger partial charge in [0.2, 0.25) is 5.91 Å². The number of carbonyl (C=O) groups is 1. The molecule has 0 radical (unpaired) electrons. The van der Waals surface area contributed by atoms with Crippen molar-refractivity contribution in [2.24, 2.45) is 0 Å². The molecule has 1 fully saturated rings. The lowest BCUT2D eigenvalue weighted by Crippen LogP contribution is -2.53. The van der Waals surface area contributed by atoms with E-state index in [0.717, 1.165) is 39.0 Å². The fourth-order valence-corrected chi connectivity index (χ4v) is 2.17. The van der Waals surface area contributed by atoms with Crippen molar-refractivity contribution >= 4 is 5.91 Å². The van der Waals surface area contributed by atoms with E-state index in [4.69, 9.17) is 0 Å². The largest absolute Gasteiger partial charge is 0.340 e. The summed E-state index contributed by atoms with van der Waals surface area (Å²) < 4.78 is 0. The number of likely N-dealkylation sites (tertiary alicyclic amines) is 1. The lowest BCUT2D eigenvalue weighted by atomic mass is 10.0. The molecule has 0 aromatic heterocycles. The van der Waals surface area contributed by atoms with Crippen LogP contribution >= 0.6 is 0 Å². The third-order valence-corrected chi connectivity index (χ3v) is 3.36. The third-order valence-electron chi connectivity index (χ3n) is 3.36. The maximum absolute atomic E-state index is 12.2. The Morgan fingerprint density at radius 3 is 2.82 bits per heavy atom. The second-order valence-electron chi connectivity index (χ2n) is 5.24. The van der Waals surface area contributed by atoms with Gasteiger partial charge in [-0.2, -0.15) is 0 Å². The van der Waals surface area contributed by atoms with E-state index in [-0.39, 0.29) is 11.9 Å². The Hall–Kier alpha value is -0.610. The Bertz CT molecular complexity index is 243. The van der Waals surface area contributed by atoms with Crippen LogP contribution in [0.4, 0.5) is 0 Å². The van der Waals surface area contributed by atoms with Crippen LogP contribution in [-0.4, -0.2) is 61.0 Å². The van der Waals surface area contributed by atoms with Crippen LogP contribution in [0.15, 0.2) is 0 Å². The van der Waals surface area contributed by atoms with Gasteiger partial charge in [-0.05, 0) is 26.4 Å². The van der Waals surface area contributed by atoms with Crippen molar-refractivity contribution in [1.29, 1.82) is 0 Å². The Balaban J connectivity index is 2.42. The summed E-state index contributed by atoms with van der Waals surface area (Å²) in [4.78, 5) is 16.5. The fourth-order valence-electron chi connectivity index (χ4n) is 2.17. The van der Waals surface area contributed by atoms with Gasteiger partial charge < -0.3 is 15.1 Å². The summed E-state index contributed by atoms with van der Waals surface area (Å²) in [7, 11) is 2.10. The van der Waals surface area contributed by atoms with Crippen LogP contribution in [0.2, 0.25) is 0 Å². The van der Waals surface area contributed by atoms with Crippen molar-refractivity contribution in [1.82, 2.24) is 15.1 Å². The van der Waals surface area contributed by atoms with Gasteiger partial charge in [-0.25, -0.2) is 0 Å². The molecular weight excluding hydrogens is 214 g/mol. The molecule has 1 saturated heterocycles. The zero-order chi connectivity index (χ0) is 12.8. The number of nitrogens with one attached hydrogen (secondary N) is 1. The number of hydrogen-bond donors (Lipinski definition) is 1. The first-order valence-electron chi connectivity index (χ1n) is 6.78. The second kappa shape index (κ2) is 6.97. The topological polar surface area (TPSA) is 35.6 Å². The van der Waals surface area contributed by atoms with Gasteiger partial charge in [-0.1, -0.05) is 20.8 Å². The predicted molar refractivity (Wildman–Crippen MR) is 71.0 cm³/mol. The second-order valence-corrected chi connectivity index (χ2v) is 5.24. The summed E-state index contributed by atoms with van der Waals surface area (Å²) >= 11 is 0. The van der Waals surface area contributed by atoms with E-state index in [9.17, 15) is 4.79 Å². The van der Waals surface area contributed by atoms with Crippen molar-refractivity contribution in [2.45, 2.75) is 45.7 Å². The molecule has 100 valence electrons. The molecule has 0 bridgehead atoms. The van der Waals surface area contributed by atoms with Crippen LogP contribution < -0.4 is 5.32 Å². The van der Waals surface area contributed by atoms with Crippen molar-refractivity contribution in [3.05, 3.63) is 0 Å². The van der Waals surface area contributed by atoms with Crippen molar-refractivity contribution in [3.63, 3.8) is 0 Å². The first kappa shape index (κ1) is 14.5. The number of carbonyl (C=O) groups excluding carboxylic acids is 1. The smallest absolute Gasteiger partial charge is 0.239 e. The first-order valence-corrected chi connectivity index (χ1v) is 6.78. The molecule has 0 aromatic rings. The molecule has 1 heterocycles. The number of likely N-dealkylation sites (N-methyl/N-ethyl adjacent to an activating group) is 1. The first-order chi connectivity index (χ1) is 8.04. The van der Waals surface area contributed by atoms with Crippen molar-refractivity contribution in [2.75, 3.05) is 33.2 Å². The monoisotopic (exact) mass is 241 g/mol. The Morgan fingerprint density at radius 1 is 1.53 bits per heavy atom. The molecule has 4 heteroatoms. The van der Waals surface area contributed by atoms with E-state index in [1.165, 1.54) is 0 Å². The molecule has 0 spiro atoms. The summed E-state index contributed by atoms with van der Waals surface area (Å²) in [6.45, 7) is 10.1. The van der Waals surface area contributed by atoms with Crippen LogP contribution in [0.25, 0.3) is 0 Å². The molecule has 0 aromatic carbocycles. The lowest BCUT2D eigenvalue weighted by Gasteiger charge is -2.34. The normalized spacial score (nSPS) is 21.6. The standard InChI is InChI=1S/C13H27N3O/c1-5-15(4)9-10-16-8-6-7-12(13(16)17)14-11(2)3/h11-12,14H,5-10H2,1-4H3. The van der Waals surface area contributed by atoms with E-state index < -0.39 is 0 Å². The zero-order valence-electron chi connectivity index (χ0n) is 11.7. The Kier molecular flexibility index (Phi) is 5.92. The number of piperidine rings is 1. The van der Waals surface area contributed by atoms with E-state index in [2.05, 4.69) is 38.0 Å². The van der Waals surface area contributed by atoms with Gasteiger partial charge in [-0.3, -0.25) is 4.79 Å². The highest BCUT2D eigenvalue weighted by Gasteiger charge is 2.28. The fraction of sp³-hybridized carbons (Fsp3) is 0.923. The number of rotatable bonds is 6. The lowest BCUT2D eigenvalue weighted by molar-refractivity contribution is -0.136. The molecule has 17 heavy (non-hydrogen) atoms. The van der Waals surface area contributed by atoms with E-state index >= 15 is 0 Å². The summed E-state index contributed by atoms with van der Waals surface area (Å²) in [5.41, 5.74) is 0. The summed E-state index contributed by atoms with van der Waals surface area (Å²) in [5, 5.41) is 3.36. The van der Waals surface area contributed by atoms with E-state index in [1.54, 1.807) is 0 Å². The molecule has 4 nitrogen and oxygen atoms in total. The van der Waals surface area contributed by atoms with Crippen LogP contribution in [-0.2, 0) is 4.79 Å². The maximum atomic E-state index is 12.2. The summed E-state index contributed by atoms with van der Waals surface area (Å²) in [6.07, 6.45) is 2.10. The van der Waals surface area contributed by atoms with E-state index in [1.807, 2.05) is 4.90 Å². The SMILES string of the molecule is CCN(C)CCN1CCCC(NC(C)C)C1=O. The van der Waals surface area contributed by atoms with E-state index in [0.29, 0.717) is 6.04 Å². The number of amides is 1. The molecule has 1 aliphatic rings. The molecule has 1 amide bonds. The van der Waals surface area contributed by atoms with Gasteiger partial charge in [0.15, 0.2) is 0 Å². The maximum Gasteiger partial charge on any atom is 0.239 e. The van der Waals surface area contributed by atoms with Crippen molar-refractivity contribution < 1.29 is 4.79 Å². The number of nitrogens with zero attached hydrogens (tertiary/aromatic N) is 2. The van der Waals surface area contributed by atoms with Gasteiger partial charge in [-0.15, -0.1) is 0 Å². The highest BCUT2D eigenvalue weighted by atomic mass is 16.2. The number of hydrogen-bond acceptors (Lipinski definition) is 3. The molecule has 0 saturated carbocycles. The zero-order valence-corrected chi connectivity index (χ0v) is 11.7. The van der Waals surface area contributed by atoms with Crippen LogP contribution in [0.1, 0.15) is 33.6 Å².